The van der Waals surface area contributed by atoms with Crippen LogP contribution in [0.5, 0.6) is 0 Å². The number of hydrogen-bond acceptors (Lipinski definition) is 6. The topological polar surface area (TPSA) is 103 Å². The van der Waals surface area contributed by atoms with E-state index in [9.17, 15) is 19.7 Å². The monoisotopic (exact) mass is 315 g/mol. The molecule has 0 bridgehead atoms. The zero-order chi connectivity index (χ0) is 16.0. The maximum Gasteiger partial charge on any atom is 0.325 e. The molecule has 0 aliphatic heterocycles. The summed E-state index contributed by atoms with van der Waals surface area (Å²) in [6, 6.07) is 1.03. The second-order valence-electron chi connectivity index (χ2n) is 3.91. The Morgan fingerprint density at radius 3 is 2.67 bits per heavy atom. The minimum Gasteiger partial charge on any atom is -0.465 e. The first-order valence-corrected chi connectivity index (χ1v) is 6.53. The molecular formula is C12H14ClN3O5. The normalized spacial score (nSPS) is 10.0. The average molecular weight is 316 g/mol. The number of hydrogen-bond donors (Lipinski definition) is 0. The van der Waals surface area contributed by atoms with Crippen LogP contribution in [-0.4, -0.2) is 46.4 Å². The highest BCUT2D eigenvalue weighted by molar-refractivity contribution is 6.32. The standard InChI is InChI=1S/C12H14ClN3O5/c1-3-15(7-10(17)21-4-2)12(18)9-5-8(16(19)20)6-14-11(9)13/h5-6H,3-4,7H2,1-2H3. The molecule has 0 aliphatic carbocycles. The minimum absolute atomic E-state index is 0.128. The molecule has 0 radical (unpaired) electrons. The van der Waals surface area contributed by atoms with Gasteiger partial charge in [0.2, 0.25) is 0 Å². The van der Waals surface area contributed by atoms with Gasteiger partial charge < -0.3 is 9.64 Å². The molecule has 0 saturated carbocycles. The highest BCUT2D eigenvalue weighted by Gasteiger charge is 2.23. The largest absolute Gasteiger partial charge is 0.465 e. The number of carbonyl (C=O) groups is 2. The van der Waals surface area contributed by atoms with Gasteiger partial charge in [0, 0.05) is 12.6 Å². The predicted octanol–water partition coefficient (Wildman–Crippen LogP) is 1.67. The lowest BCUT2D eigenvalue weighted by molar-refractivity contribution is -0.385. The summed E-state index contributed by atoms with van der Waals surface area (Å²) in [7, 11) is 0. The van der Waals surface area contributed by atoms with Gasteiger partial charge in [0.15, 0.2) is 0 Å². The van der Waals surface area contributed by atoms with Gasteiger partial charge in [-0.05, 0) is 13.8 Å². The molecule has 0 aromatic carbocycles. The molecule has 1 aromatic heterocycles. The Bertz CT molecular complexity index is 564. The van der Waals surface area contributed by atoms with Crippen LogP contribution in [0.15, 0.2) is 12.3 Å². The SMILES string of the molecule is CCOC(=O)CN(CC)C(=O)c1cc([N+](=O)[O-])cnc1Cl. The van der Waals surface area contributed by atoms with Gasteiger partial charge in [0.25, 0.3) is 11.6 Å². The van der Waals surface area contributed by atoms with Gasteiger partial charge >= 0.3 is 5.97 Å². The van der Waals surface area contributed by atoms with Gasteiger partial charge in [0.1, 0.15) is 17.9 Å². The third kappa shape index (κ3) is 4.38. The molecule has 0 fully saturated rings. The highest BCUT2D eigenvalue weighted by Crippen LogP contribution is 2.20. The van der Waals surface area contributed by atoms with Crippen molar-refractivity contribution in [3.63, 3.8) is 0 Å². The zero-order valence-corrected chi connectivity index (χ0v) is 12.3. The van der Waals surface area contributed by atoms with E-state index in [2.05, 4.69) is 4.98 Å². The van der Waals surface area contributed by atoms with Crippen LogP contribution in [0.1, 0.15) is 24.2 Å². The van der Waals surface area contributed by atoms with Crippen molar-refractivity contribution in [1.29, 1.82) is 0 Å². The fourth-order valence-corrected chi connectivity index (χ4v) is 1.73. The van der Waals surface area contributed by atoms with Crippen molar-refractivity contribution in [3.8, 4) is 0 Å². The summed E-state index contributed by atoms with van der Waals surface area (Å²) >= 11 is 5.80. The zero-order valence-electron chi connectivity index (χ0n) is 11.5. The molecule has 9 heteroatoms. The predicted molar refractivity (Wildman–Crippen MR) is 74.1 cm³/mol. The van der Waals surface area contributed by atoms with E-state index in [0.29, 0.717) is 0 Å². The van der Waals surface area contributed by atoms with Gasteiger partial charge in [-0.25, -0.2) is 4.98 Å². The first-order valence-electron chi connectivity index (χ1n) is 6.15. The smallest absolute Gasteiger partial charge is 0.325 e. The number of esters is 1. The summed E-state index contributed by atoms with van der Waals surface area (Å²) in [5.41, 5.74) is -0.480. The van der Waals surface area contributed by atoms with Crippen LogP contribution in [0, 0.1) is 10.1 Å². The lowest BCUT2D eigenvalue weighted by Gasteiger charge is -2.19. The molecule has 21 heavy (non-hydrogen) atoms. The Morgan fingerprint density at radius 1 is 1.48 bits per heavy atom. The Hall–Kier alpha value is -2.22. The van der Waals surface area contributed by atoms with Gasteiger partial charge in [-0.2, -0.15) is 0 Å². The van der Waals surface area contributed by atoms with Crippen LogP contribution < -0.4 is 0 Å². The van der Waals surface area contributed by atoms with Crippen LogP contribution in [0.2, 0.25) is 5.15 Å². The third-order valence-electron chi connectivity index (χ3n) is 2.56. The molecule has 8 nitrogen and oxygen atoms in total. The second-order valence-corrected chi connectivity index (χ2v) is 4.27. The lowest BCUT2D eigenvalue weighted by Crippen LogP contribution is -2.36. The highest BCUT2D eigenvalue weighted by atomic mass is 35.5. The Kier molecular flexibility index (Phi) is 6.04. The molecule has 0 saturated heterocycles. The quantitative estimate of drug-likeness (QED) is 0.342. The first-order chi connectivity index (χ1) is 9.90. The van der Waals surface area contributed by atoms with Crippen molar-refractivity contribution in [2.45, 2.75) is 13.8 Å². The number of halogens is 1. The Labute approximate surface area is 125 Å². The van der Waals surface area contributed by atoms with E-state index in [0.717, 1.165) is 12.3 Å². The summed E-state index contributed by atoms with van der Waals surface area (Å²) in [4.78, 5) is 38.5. The van der Waals surface area contributed by atoms with Gasteiger partial charge in [-0.1, -0.05) is 11.6 Å². The number of pyridine rings is 1. The summed E-state index contributed by atoms with van der Waals surface area (Å²) in [6.45, 7) is 3.47. The van der Waals surface area contributed by atoms with E-state index in [4.69, 9.17) is 16.3 Å². The third-order valence-corrected chi connectivity index (χ3v) is 2.86. The fraction of sp³-hybridized carbons (Fsp3) is 0.417. The van der Waals surface area contributed by atoms with Gasteiger partial charge in [-0.3, -0.25) is 19.7 Å². The molecular weight excluding hydrogens is 302 g/mol. The van der Waals surface area contributed by atoms with E-state index in [-0.39, 0.29) is 36.1 Å². The van der Waals surface area contributed by atoms with Crippen LogP contribution in [0.4, 0.5) is 5.69 Å². The van der Waals surface area contributed by atoms with Crippen molar-refractivity contribution in [2.75, 3.05) is 19.7 Å². The number of likely N-dealkylation sites (N-methyl/N-ethyl adjacent to an activating group) is 1. The fourth-order valence-electron chi connectivity index (χ4n) is 1.55. The molecule has 0 spiro atoms. The minimum atomic E-state index is -0.679. The van der Waals surface area contributed by atoms with Crippen molar-refractivity contribution < 1.29 is 19.2 Å². The maximum atomic E-state index is 12.3. The van der Waals surface area contributed by atoms with Crippen LogP contribution in [0.3, 0.4) is 0 Å². The summed E-state index contributed by atoms with van der Waals surface area (Å²) in [5, 5.41) is 10.6. The lowest BCUT2D eigenvalue weighted by atomic mass is 10.2. The number of nitrogens with zero attached hydrogens (tertiary/aromatic N) is 3. The van der Waals surface area contributed by atoms with E-state index in [1.165, 1.54) is 4.90 Å². The first kappa shape index (κ1) is 16.8. The van der Waals surface area contributed by atoms with E-state index >= 15 is 0 Å². The molecule has 1 aromatic rings. The number of aromatic nitrogens is 1. The second kappa shape index (κ2) is 7.53. The molecule has 0 aliphatic rings. The number of amides is 1. The maximum absolute atomic E-state index is 12.3. The van der Waals surface area contributed by atoms with Crippen LogP contribution in [0.25, 0.3) is 0 Å². The van der Waals surface area contributed by atoms with E-state index < -0.39 is 16.8 Å². The molecule has 0 unspecified atom stereocenters. The molecule has 1 heterocycles. The van der Waals surface area contributed by atoms with Crippen LogP contribution >= 0.6 is 11.6 Å². The molecule has 1 rings (SSSR count). The number of rotatable bonds is 6. The van der Waals surface area contributed by atoms with Crippen molar-refractivity contribution in [1.82, 2.24) is 9.88 Å². The number of nitro groups is 1. The van der Waals surface area contributed by atoms with Crippen molar-refractivity contribution >= 4 is 29.2 Å². The van der Waals surface area contributed by atoms with E-state index in [1.807, 2.05) is 0 Å². The van der Waals surface area contributed by atoms with Crippen molar-refractivity contribution in [2.24, 2.45) is 0 Å². The Morgan fingerprint density at radius 2 is 2.14 bits per heavy atom. The number of carbonyl (C=O) groups excluding carboxylic acids is 2. The van der Waals surface area contributed by atoms with Crippen molar-refractivity contribution in [3.05, 3.63) is 33.1 Å². The average Bonchev–Trinajstić information content (AvgIpc) is 2.44. The van der Waals surface area contributed by atoms with Gasteiger partial charge in [-0.15, -0.1) is 0 Å². The Balaban J connectivity index is 3.02. The summed E-state index contributed by atoms with van der Waals surface area (Å²) in [6.07, 6.45) is 0.959. The molecule has 114 valence electrons. The number of ether oxygens (including phenoxy) is 1. The van der Waals surface area contributed by atoms with Crippen LogP contribution in [-0.2, 0) is 9.53 Å². The van der Waals surface area contributed by atoms with E-state index in [1.54, 1.807) is 13.8 Å². The molecule has 0 N–H and O–H groups in total. The summed E-state index contributed by atoms with van der Waals surface area (Å²) < 4.78 is 4.76. The molecule has 0 atom stereocenters. The summed E-state index contributed by atoms with van der Waals surface area (Å²) in [5.74, 6) is -1.19. The van der Waals surface area contributed by atoms with Gasteiger partial charge in [0.05, 0.1) is 17.1 Å². The molecule has 1 amide bonds.